The molecule has 1 aliphatic carbocycles. The van der Waals surface area contributed by atoms with Crippen molar-refractivity contribution in [2.75, 3.05) is 5.32 Å². The Bertz CT molecular complexity index is 723. The zero-order chi connectivity index (χ0) is 14.4. The third kappa shape index (κ3) is 2.07. The zero-order valence-corrected chi connectivity index (χ0v) is 12.9. The molecule has 1 heterocycles. The van der Waals surface area contributed by atoms with Crippen LogP contribution in [0.1, 0.15) is 29.5 Å². The number of rotatable bonds is 1. The Labute approximate surface area is 134 Å². The fraction of sp³-hybridized carbons (Fsp3) is 0.222. The van der Waals surface area contributed by atoms with Crippen LogP contribution in [-0.2, 0) is 0 Å². The third-order valence-electron chi connectivity index (χ3n) is 4.59. The van der Waals surface area contributed by atoms with Crippen LogP contribution < -0.4 is 5.32 Å². The number of hydrogen-bond acceptors (Lipinski definition) is 1. The van der Waals surface area contributed by atoms with Crippen LogP contribution in [0.15, 0.2) is 54.6 Å². The molecule has 2 unspecified atom stereocenters. The van der Waals surface area contributed by atoms with Gasteiger partial charge in [0.2, 0.25) is 0 Å². The number of anilines is 1. The number of hydrogen-bond donors (Lipinski definition) is 1. The van der Waals surface area contributed by atoms with Gasteiger partial charge in [-0.1, -0.05) is 65.7 Å². The molecule has 2 aromatic carbocycles. The van der Waals surface area contributed by atoms with Gasteiger partial charge in [-0.2, -0.15) is 0 Å². The van der Waals surface area contributed by atoms with Gasteiger partial charge in [0, 0.05) is 11.6 Å². The molecular formula is C18H15Cl2N. The first-order valence-corrected chi connectivity index (χ1v) is 7.97. The molecule has 3 heteroatoms. The molecule has 0 saturated heterocycles. The maximum atomic E-state index is 6.45. The van der Waals surface area contributed by atoms with Gasteiger partial charge >= 0.3 is 0 Å². The van der Waals surface area contributed by atoms with Gasteiger partial charge in [0.25, 0.3) is 0 Å². The van der Waals surface area contributed by atoms with Crippen molar-refractivity contribution < 1.29 is 0 Å². The monoisotopic (exact) mass is 315 g/mol. The topological polar surface area (TPSA) is 12.0 Å². The molecule has 0 bridgehead atoms. The Balaban J connectivity index is 1.83. The molecule has 0 spiro atoms. The minimum atomic E-state index is 0.200. The van der Waals surface area contributed by atoms with Crippen LogP contribution in [0, 0.1) is 5.92 Å². The quantitative estimate of drug-likeness (QED) is 0.654. The molecule has 3 atom stereocenters. The molecule has 2 aliphatic rings. The van der Waals surface area contributed by atoms with Crippen LogP contribution in [-0.4, -0.2) is 0 Å². The first kappa shape index (κ1) is 13.2. The number of nitrogens with one attached hydrogen (secondary N) is 1. The summed E-state index contributed by atoms with van der Waals surface area (Å²) < 4.78 is 0. The first-order chi connectivity index (χ1) is 10.3. The van der Waals surface area contributed by atoms with Gasteiger partial charge in [0.1, 0.15) is 0 Å². The predicted molar refractivity (Wildman–Crippen MR) is 89.3 cm³/mol. The van der Waals surface area contributed by atoms with Gasteiger partial charge < -0.3 is 5.32 Å². The Morgan fingerprint density at radius 1 is 0.952 bits per heavy atom. The van der Waals surface area contributed by atoms with E-state index in [4.69, 9.17) is 23.2 Å². The molecule has 0 fully saturated rings. The molecule has 21 heavy (non-hydrogen) atoms. The van der Waals surface area contributed by atoms with E-state index in [0.29, 0.717) is 21.9 Å². The summed E-state index contributed by atoms with van der Waals surface area (Å²) in [4.78, 5) is 0. The highest BCUT2D eigenvalue weighted by Gasteiger charge is 2.38. The number of benzene rings is 2. The molecule has 0 saturated carbocycles. The van der Waals surface area contributed by atoms with E-state index < -0.39 is 0 Å². The Hall–Kier alpha value is -1.44. The first-order valence-electron chi connectivity index (χ1n) is 7.22. The van der Waals surface area contributed by atoms with Crippen molar-refractivity contribution in [3.63, 3.8) is 0 Å². The van der Waals surface area contributed by atoms with Crippen molar-refractivity contribution in [1.82, 2.24) is 0 Å². The van der Waals surface area contributed by atoms with Crippen molar-refractivity contribution >= 4 is 28.9 Å². The van der Waals surface area contributed by atoms with Crippen LogP contribution in [0.4, 0.5) is 5.69 Å². The average molecular weight is 316 g/mol. The summed E-state index contributed by atoms with van der Waals surface area (Å²) in [5.74, 6) is 0.957. The van der Waals surface area contributed by atoms with E-state index in [1.807, 2.05) is 12.1 Å². The second-order valence-electron chi connectivity index (χ2n) is 5.71. The van der Waals surface area contributed by atoms with Crippen molar-refractivity contribution in [2.24, 2.45) is 5.92 Å². The van der Waals surface area contributed by atoms with Gasteiger partial charge in [-0.05, 0) is 35.6 Å². The van der Waals surface area contributed by atoms with E-state index in [9.17, 15) is 0 Å². The van der Waals surface area contributed by atoms with Gasteiger partial charge in [0.15, 0.2) is 0 Å². The molecule has 4 rings (SSSR count). The minimum absolute atomic E-state index is 0.200. The van der Waals surface area contributed by atoms with E-state index >= 15 is 0 Å². The second kappa shape index (κ2) is 5.08. The van der Waals surface area contributed by atoms with Crippen molar-refractivity contribution in [2.45, 2.75) is 18.4 Å². The molecule has 1 aliphatic heterocycles. The Morgan fingerprint density at radius 2 is 1.76 bits per heavy atom. The summed E-state index contributed by atoms with van der Waals surface area (Å²) in [6.45, 7) is 0. The molecule has 1 N–H and O–H groups in total. The zero-order valence-electron chi connectivity index (χ0n) is 11.4. The summed E-state index contributed by atoms with van der Waals surface area (Å²) in [6, 6.07) is 14.6. The number of halogens is 2. The van der Waals surface area contributed by atoms with Crippen LogP contribution >= 0.6 is 23.2 Å². The van der Waals surface area contributed by atoms with Gasteiger partial charge in [0.05, 0.1) is 16.1 Å². The molecular weight excluding hydrogens is 301 g/mol. The van der Waals surface area contributed by atoms with Crippen LogP contribution in [0.3, 0.4) is 0 Å². The lowest BCUT2D eigenvalue weighted by atomic mass is 9.77. The van der Waals surface area contributed by atoms with Crippen molar-refractivity contribution in [3.8, 4) is 0 Å². The van der Waals surface area contributed by atoms with E-state index in [0.717, 1.165) is 12.0 Å². The maximum absolute atomic E-state index is 6.45. The van der Waals surface area contributed by atoms with E-state index in [1.54, 1.807) is 0 Å². The lowest BCUT2D eigenvalue weighted by Crippen LogP contribution is -2.29. The highest BCUT2D eigenvalue weighted by molar-refractivity contribution is 6.42. The molecule has 0 amide bonds. The molecule has 0 aromatic heterocycles. The van der Waals surface area contributed by atoms with Crippen LogP contribution in [0.5, 0.6) is 0 Å². The smallest absolute Gasteiger partial charge is 0.0645 e. The SMILES string of the molecule is Clc1cccc([C@@H]2Nc3ccccc3C3C=CCC32)c1Cl. The summed E-state index contributed by atoms with van der Waals surface area (Å²) in [5.41, 5.74) is 3.68. The Morgan fingerprint density at radius 3 is 2.67 bits per heavy atom. The maximum Gasteiger partial charge on any atom is 0.0645 e. The van der Waals surface area contributed by atoms with Crippen molar-refractivity contribution in [3.05, 3.63) is 75.8 Å². The van der Waals surface area contributed by atoms with E-state index in [-0.39, 0.29) is 6.04 Å². The average Bonchev–Trinajstić information content (AvgIpc) is 2.99. The summed E-state index contributed by atoms with van der Waals surface area (Å²) in [7, 11) is 0. The largest absolute Gasteiger partial charge is 0.378 e. The number of fused-ring (bicyclic) bond motifs is 3. The molecule has 2 aromatic rings. The highest BCUT2D eigenvalue weighted by atomic mass is 35.5. The fourth-order valence-electron chi connectivity index (χ4n) is 3.61. The highest BCUT2D eigenvalue weighted by Crippen LogP contribution is 2.51. The fourth-order valence-corrected chi connectivity index (χ4v) is 4.04. The summed E-state index contributed by atoms with van der Waals surface area (Å²) in [6.07, 6.45) is 5.68. The standard InChI is InChI=1S/C18H15Cl2N/c19-15-9-4-8-14(17(15)20)18-13-7-3-6-11(13)12-5-1-2-10-16(12)21-18/h1-6,8-11,13,18,21H,7H2/t11?,13?,18-/m1/s1. The normalized spacial score (nSPS) is 26.1. The third-order valence-corrected chi connectivity index (χ3v) is 5.42. The number of para-hydroxylation sites is 1. The van der Waals surface area contributed by atoms with Crippen LogP contribution in [0.25, 0.3) is 0 Å². The van der Waals surface area contributed by atoms with E-state index in [2.05, 4.69) is 47.8 Å². The van der Waals surface area contributed by atoms with E-state index in [1.165, 1.54) is 11.3 Å². The molecule has 1 nitrogen and oxygen atoms in total. The lowest BCUT2D eigenvalue weighted by Gasteiger charge is -2.37. The van der Waals surface area contributed by atoms with Gasteiger partial charge in [-0.15, -0.1) is 0 Å². The molecule has 0 radical (unpaired) electrons. The minimum Gasteiger partial charge on any atom is -0.378 e. The summed E-state index contributed by atoms with van der Waals surface area (Å²) >= 11 is 12.7. The van der Waals surface area contributed by atoms with Gasteiger partial charge in [-0.25, -0.2) is 0 Å². The Kier molecular flexibility index (Phi) is 3.20. The second-order valence-corrected chi connectivity index (χ2v) is 6.49. The predicted octanol–water partition coefficient (Wildman–Crippen LogP) is 5.82. The lowest BCUT2D eigenvalue weighted by molar-refractivity contribution is 0.426. The van der Waals surface area contributed by atoms with Crippen molar-refractivity contribution in [1.29, 1.82) is 0 Å². The molecule has 106 valence electrons. The summed E-state index contributed by atoms with van der Waals surface area (Å²) in [5, 5.41) is 4.96. The van der Waals surface area contributed by atoms with Crippen LogP contribution in [0.2, 0.25) is 10.0 Å². The van der Waals surface area contributed by atoms with Gasteiger partial charge in [-0.3, -0.25) is 0 Å². The number of allylic oxidation sites excluding steroid dienone is 2.